The first-order valence-corrected chi connectivity index (χ1v) is 5.80. The van der Waals surface area contributed by atoms with E-state index in [-0.39, 0.29) is 5.54 Å². The Morgan fingerprint density at radius 1 is 1.25 bits per heavy atom. The molecule has 0 saturated heterocycles. The van der Waals surface area contributed by atoms with Gasteiger partial charge >= 0.3 is 0 Å². The Balaban J connectivity index is 2.49. The fourth-order valence-electron chi connectivity index (χ4n) is 1.41. The molecule has 0 amide bonds. The normalized spacial score (nSPS) is 11.8. The van der Waals surface area contributed by atoms with Crippen LogP contribution in [0.1, 0.15) is 20.8 Å². The molecule has 2 heterocycles. The molecule has 16 heavy (non-hydrogen) atoms. The molecule has 2 aromatic rings. The van der Waals surface area contributed by atoms with Crippen LogP contribution in [0.4, 0.5) is 0 Å². The zero-order valence-electron chi connectivity index (χ0n) is 9.48. The highest BCUT2D eigenvalue weighted by Crippen LogP contribution is 2.22. The van der Waals surface area contributed by atoms with Gasteiger partial charge in [0.05, 0.1) is 0 Å². The summed E-state index contributed by atoms with van der Waals surface area (Å²) in [5.74, 6) is 0.792. The first kappa shape index (κ1) is 11.3. The van der Waals surface area contributed by atoms with Crippen molar-refractivity contribution in [3.63, 3.8) is 0 Å². The highest BCUT2D eigenvalue weighted by atomic mass is 79.9. The molecule has 0 unspecified atom stereocenters. The number of halogens is 1. The topological polar surface area (TPSA) is 43.6 Å². The molecule has 0 aliphatic rings. The molecular weight excluding hydrogens is 268 g/mol. The van der Waals surface area contributed by atoms with Gasteiger partial charge in [0.2, 0.25) is 0 Å². The minimum atomic E-state index is -0.0480. The van der Waals surface area contributed by atoms with Crippen molar-refractivity contribution >= 4 is 15.9 Å². The number of aromatic nitrogens is 4. The lowest BCUT2D eigenvalue weighted by molar-refractivity contribution is 0.399. The second-order valence-electron chi connectivity index (χ2n) is 4.56. The molecule has 0 radical (unpaired) electrons. The molecule has 0 spiro atoms. The predicted molar refractivity (Wildman–Crippen MR) is 65.9 cm³/mol. The third kappa shape index (κ3) is 2.14. The van der Waals surface area contributed by atoms with E-state index in [1.165, 1.54) is 0 Å². The van der Waals surface area contributed by atoms with Crippen LogP contribution in [0.3, 0.4) is 0 Å². The zero-order chi connectivity index (χ0) is 11.8. The Morgan fingerprint density at radius 2 is 2.00 bits per heavy atom. The first-order chi connectivity index (χ1) is 7.48. The van der Waals surface area contributed by atoms with Crippen molar-refractivity contribution < 1.29 is 0 Å². The van der Waals surface area contributed by atoms with E-state index >= 15 is 0 Å². The summed E-state index contributed by atoms with van der Waals surface area (Å²) in [6.07, 6.45) is 3.50. The maximum atomic E-state index is 4.32. The van der Waals surface area contributed by atoms with Crippen molar-refractivity contribution in [3.8, 4) is 11.5 Å². The molecule has 0 aliphatic heterocycles. The van der Waals surface area contributed by atoms with Crippen LogP contribution in [0.5, 0.6) is 0 Å². The number of hydrogen-bond donors (Lipinski definition) is 0. The zero-order valence-corrected chi connectivity index (χ0v) is 11.1. The molecule has 0 N–H and O–H groups in total. The summed E-state index contributed by atoms with van der Waals surface area (Å²) in [6.45, 7) is 6.33. The molecule has 0 saturated carbocycles. The minimum Gasteiger partial charge on any atom is -0.307 e. The standard InChI is InChI=1S/C11H13BrN4/c1-11(2,3)16-7-14-15-10(16)9-5-4-8(12)6-13-9/h4-7H,1-3H3. The summed E-state index contributed by atoms with van der Waals surface area (Å²) in [5.41, 5.74) is 0.781. The smallest absolute Gasteiger partial charge is 0.182 e. The summed E-state index contributed by atoms with van der Waals surface area (Å²) in [6, 6.07) is 3.88. The van der Waals surface area contributed by atoms with Crippen molar-refractivity contribution in [1.29, 1.82) is 0 Å². The van der Waals surface area contributed by atoms with Gasteiger partial charge in [0.15, 0.2) is 5.82 Å². The van der Waals surface area contributed by atoms with Gasteiger partial charge in [-0.3, -0.25) is 4.98 Å². The third-order valence-electron chi connectivity index (χ3n) is 2.23. The third-order valence-corrected chi connectivity index (χ3v) is 2.70. The summed E-state index contributed by atoms with van der Waals surface area (Å²) < 4.78 is 2.97. The van der Waals surface area contributed by atoms with E-state index in [4.69, 9.17) is 0 Å². The quantitative estimate of drug-likeness (QED) is 0.807. The molecule has 0 atom stereocenters. The van der Waals surface area contributed by atoms with E-state index < -0.39 is 0 Å². The lowest BCUT2D eigenvalue weighted by Crippen LogP contribution is -2.22. The highest BCUT2D eigenvalue weighted by molar-refractivity contribution is 9.10. The maximum Gasteiger partial charge on any atom is 0.182 e. The summed E-state index contributed by atoms with van der Waals surface area (Å²) in [4.78, 5) is 4.32. The van der Waals surface area contributed by atoms with Gasteiger partial charge in [-0.15, -0.1) is 10.2 Å². The molecule has 2 aromatic heterocycles. The maximum absolute atomic E-state index is 4.32. The average molecular weight is 281 g/mol. The Bertz CT molecular complexity index is 481. The Morgan fingerprint density at radius 3 is 2.56 bits per heavy atom. The molecular formula is C11H13BrN4. The number of pyridine rings is 1. The molecule has 0 bridgehead atoms. The van der Waals surface area contributed by atoms with Crippen LogP contribution >= 0.6 is 15.9 Å². The molecule has 0 fully saturated rings. The fourth-order valence-corrected chi connectivity index (χ4v) is 1.64. The van der Waals surface area contributed by atoms with Crippen molar-refractivity contribution in [2.75, 3.05) is 0 Å². The van der Waals surface area contributed by atoms with E-state index in [1.807, 2.05) is 16.7 Å². The fraction of sp³-hybridized carbons (Fsp3) is 0.364. The lowest BCUT2D eigenvalue weighted by Gasteiger charge is -2.21. The van der Waals surface area contributed by atoms with Crippen LogP contribution in [-0.2, 0) is 5.54 Å². The van der Waals surface area contributed by atoms with Crippen LogP contribution in [0.15, 0.2) is 29.1 Å². The second kappa shape index (κ2) is 3.97. The summed E-state index contributed by atoms with van der Waals surface area (Å²) in [5, 5.41) is 8.07. The molecule has 0 aliphatic carbocycles. The highest BCUT2D eigenvalue weighted by Gasteiger charge is 2.19. The van der Waals surface area contributed by atoms with Gasteiger partial charge < -0.3 is 4.57 Å². The van der Waals surface area contributed by atoms with Gasteiger partial charge in [-0.05, 0) is 48.8 Å². The monoisotopic (exact) mass is 280 g/mol. The molecule has 84 valence electrons. The Labute approximate surface area is 103 Å². The van der Waals surface area contributed by atoms with E-state index in [9.17, 15) is 0 Å². The summed E-state index contributed by atoms with van der Waals surface area (Å²) >= 11 is 3.36. The largest absolute Gasteiger partial charge is 0.307 e. The Hall–Kier alpha value is -1.23. The second-order valence-corrected chi connectivity index (χ2v) is 5.47. The van der Waals surface area contributed by atoms with E-state index in [2.05, 4.69) is 51.9 Å². The minimum absolute atomic E-state index is 0.0480. The van der Waals surface area contributed by atoms with Gasteiger partial charge in [0.25, 0.3) is 0 Å². The van der Waals surface area contributed by atoms with E-state index in [0.717, 1.165) is 16.0 Å². The first-order valence-electron chi connectivity index (χ1n) is 5.01. The van der Waals surface area contributed by atoms with Crippen LogP contribution in [0.2, 0.25) is 0 Å². The van der Waals surface area contributed by atoms with Gasteiger partial charge in [0.1, 0.15) is 12.0 Å². The van der Waals surface area contributed by atoms with E-state index in [0.29, 0.717) is 0 Å². The number of rotatable bonds is 1. The Kier molecular flexibility index (Phi) is 2.80. The van der Waals surface area contributed by atoms with Crippen LogP contribution in [0, 0.1) is 0 Å². The number of nitrogens with zero attached hydrogens (tertiary/aromatic N) is 4. The van der Waals surface area contributed by atoms with Gasteiger partial charge in [0, 0.05) is 16.2 Å². The van der Waals surface area contributed by atoms with Crippen molar-refractivity contribution in [2.45, 2.75) is 26.3 Å². The molecule has 5 heteroatoms. The van der Waals surface area contributed by atoms with Crippen molar-refractivity contribution in [1.82, 2.24) is 19.7 Å². The van der Waals surface area contributed by atoms with Gasteiger partial charge in [-0.2, -0.15) is 0 Å². The average Bonchev–Trinajstić information content (AvgIpc) is 2.66. The lowest BCUT2D eigenvalue weighted by atomic mass is 10.1. The van der Waals surface area contributed by atoms with Crippen LogP contribution in [-0.4, -0.2) is 19.7 Å². The summed E-state index contributed by atoms with van der Waals surface area (Å²) in [7, 11) is 0. The molecule has 4 nitrogen and oxygen atoms in total. The van der Waals surface area contributed by atoms with Crippen LogP contribution in [0.25, 0.3) is 11.5 Å². The van der Waals surface area contributed by atoms with Crippen LogP contribution < -0.4 is 0 Å². The van der Waals surface area contributed by atoms with Gasteiger partial charge in [-0.1, -0.05) is 0 Å². The van der Waals surface area contributed by atoms with Crippen molar-refractivity contribution in [3.05, 3.63) is 29.1 Å². The van der Waals surface area contributed by atoms with Gasteiger partial charge in [-0.25, -0.2) is 0 Å². The van der Waals surface area contributed by atoms with E-state index in [1.54, 1.807) is 12.5 Å². The van der Waals surface area contributed by atoms with Crippen molar-refractivity contribution in [2.24, 2.45) is 0 Å². The predicted octanol–water partition coefficient (Wildman–Crippen LogP) is 2.86. The molecule has 0 aromatic carbocycles. The number of hydrogen-bond acceptors (Lipinski definition) is 3. The molecule has 2 rings (SSSR count). The SMILES string of the molecule is CC(C)(C)n1cnnc1-c1ccc(Br)cn1.